The van der Waals surface area contributed by atoms with Crippen molar-refractivity contribution in [1.82, 2.24) is 0 Å². The molecule has 0 heterocycles. The van der Waals surface area contributed by atoms with Gasteiger partial charge < -0.3 is 10.5 Å². The molecule has 0 aliphatic rings. The van der Waals surface area contributed by atoms with Crippen molar-refractivity contribution in [3.8, 4) is 5.75 Å². The van der Waals surface area contributed by atoms with E-state index in [0.717, 1.165) is 5.56 Å². The molecule has 2 N–H and O–H groups in total. The van der Waals surface area contributed by atoms with Gasteiger partial charge >= 0.3 is 0 Å². The first-order chi connectivity index (χ1) is 9.62. The first-order valence-electron chi connectivity index (χ1n) is 6.31. The number of rotatable bonds is 6. The van der Waals surface area contributed by atoms with Gasteiger partial charge in [0.25, 0.3) is 0 Å². The van der Waals surface area contributed by atoms with Crippen LogP contribution in [0.25, 0.3) is 0 Å². The van der Waals surface area contributed by atoms with Gasteiger partial charge in [-0.1, -0.05) is 30.3 Å². The predicted molar refractivity (Wildman–Crippen MR) is 78.3 cm³/mol. The summed E-state index contributed by atoms with van der Waals surface area (Å²) in [5, 5.41) is 0. The van der Waals surface area contributed by atoms with E-state index in [-0.39, 0.29) is 12.4 Å². The molecule has 0 atom stereocenters. The molecule has 0 spiro atoms. The van der Waals surface area contributed by atoms with Gasteiger partial charge in [0.2, 0.25) is 0 Å². The van der Waals surface area contributed by atoms with Crippen molar-refractivity contribution in [1.29, 1.82) is 0 Å². The molecule has 2 aromatic carbocycles. The molecule has 0 amide bonds. The topological polar surface area (TPSA) is 69.4 Å². The van der Waals surface area contributed by atoms with Gasteiger partial charge in [-0.25, -0.2) is 8.42 Å². The first-order valence-corrected chi connectivity index (χ1v) is 7.97. The molecule has 20 heavy (non-hydrogen) atoms. The second-order valence-corrected chi connectivity index (χ2v) is 6.44. The normalized spacial score (nSPS) is 11.2. The average Bonchev–Trinajstić information content (AvgIpc) is 2.48. The van der Waals surface area contributed by atoms with Crippen molar-refractivity contribution in [3.63, 3.8) is 0 Å². The van der Waals surface area contributed by atoms with Crippen molar-refractivity contribution in [2.45, 2.75) is 11.4 Å². The van der Waals surface area contributed by atoms with Crippen LogP contribution < -0.4 is 10.5 Å². The van der Waals surface area contributed by atoms with Gasteiger partial charge in [0.05, 0.1) is 10.6 Å². The van der Waals surface area contributed by atoms with Gasteiger partial charge in [0, 0.05) is 6.54 Å². The highest BCUT2D eigenvalue weighted by molar-refractivity contribution is 7.91. The van der Waals surface area contributed by atoms with E-state index in [2.05, 4.69) is 0 Å². The Morgan fingerprint density at radius 2 is 1.75 bits per heavy atom. The van der Waals surface area contributed by atoms with Crippen molar-refractivity contribution >= 4 is 9.84 Å². The highest BCUT2D eigenvalue weighted by Crippen LogP contribution is 2.14. The zero-order valence-corrected chi connectivity index (χ0v) is 11.8. The van der Waals surface area contributed by atoms with E-state index >= 15 is 0 Å². The largest absolute Gasteiger partial charge is 0.493 e. The number of hydrogen-bond donors (Lipinski definition) is 1. The van der Waals surface area contributed by atoms with Crippen LogP contribution in [0, 0.1) is 0 Å². The number of sulfone groups is 1. The fraction of sp³-hybridized carbons (Fsp3) is 0.200. The number of nitrogens with two attached hydrogens (primary N) is 1. The van der Waals surface area contributed by atoms with Crippen molar-refractivity contribution in [3.05, 3.63) is 60.2 Å². The summed E-state index contributed by atoms with van der Waals surface area (Å²) >= 11 is 0. The van der Waals surface area contributed by atoms with E-state index < -0.39 is 9.84 Å². The molecule has 0 radical (unpaired) electrons. The van der Waals surface area contributed by atoms with E-state index in [4.69, 9.17) is 10.5 Å². The van der Waals surface area contributed by atoms with Gasteiger partial charge in [-0.05, 0) is 29.8 Å². The highest BCUT2D eigenvalue weighted by Gasteiger charge is 2.13. The van der Waals surface area contributed by atoms with E-state index in [1.165, 1.54) is 0 Å². The molecule has 0 aromatic heterocycles. The Labute approximate surface area is 119 Å². The van der Waals surface area contributed by atoms with Crippen LogP contribution >= 0.6 is 0 Å². The molecule has 2 rings (SSSR count). The number of ether oxygens (including phenoxy) is 1. The maximum atomic E-state index is 12.0. The van der Waals surface area contributed by atoms with Crippen LogP contribution in [0.5, 0.6) is 5.75 Å². The number of hydrogen-bond acceptors (Lipinski definition) is 4. The Morgan fingerprint density at radius 3 is 2.45 bits per heavy atom. The summed E-state index contributed by atoms with van der Waals surface area (Å²) < 4.78 is 29.6. The molecule has 0 saturated carbocycles. The monoisotopic (exact) mass is 291 g/mol. The lowest BCUT2D eigenvalue weighted by atomic mass is 10.2. The smallest absolute Gasteiger partial charge is 0.181 e. The zero-order valence-electron chi connectivity index (χ0n) is 11.0. The predicted octanol–water partition coefficient (Wildman–Crippen LogP) is 2.00. The van der Waals surface area contributed by atoms with Crippen LogP contribution in [0.4, 0.5) is 0 Å². The Kier molecular flexibility index (Phi) is 4.76. The lowest BCUT2D eigenvalue weighted by Gasteiger charge is -2.08. The van der Waals surface area contributed by atoms with Crippen LogP contribution in [-0.2, 0) is 16.4 Å². The van der Waals surface area contributed by atoms with E-state index in [9.17, 15) is 8.42 Å². The van der Waals surface area contributed by atoms with Crippen LogP contribution in [0.3, 0.4) is 0 Å². The van der Waals surface area contributed by atoms with Crippen LogP contribution in [0.1, 0.15) is 5.56 Å². The summed E-state index contributed by atoms with van der Waals surface area (Å²) in [4.78, 5) is 0.319. The van der Waals surface area contributed by atoms with Gasteiger partial charge in [0.1, 0.15) is 12.4 Å². The quantitative estimate of drug-likeness (QED) is 0.883. The third-order valence-corrected chi connectivity index (χ3v) is 4.55. The third-order valence-electron chi connectivity index (χ3n) is 2.86. The maximum Gasteiger partial charge on any atom is 0.181 e. The summed E-state index contributed by atoms with van der Waals surface area (Å²) in [5.74, 6) is 0.584. The van der Waals surface area contributed by atoms with E-state index in [1.54, 1.807) is 36.4 Å². The van der Waals surface area contributed by atoms with Crippen molar-refractivity contribution in [2.75, 3.05) is 12.4 Å². The molecule has 106 valence electrons. The Morgan fingerprint density at radius 1 is 1.00 bits per heavy atom. The van der Waals surface area contributed by atoms with Gasteiger partial charge in [-0.3, -0.25) is 0 Å². The molecule has 4 nitrogen and oxygen atoms in total. The highest BCUT2D eigenvalue weighted by atomic mass is 32.2. The summed E-state index contributed by atoms with van der Waals surface area (Å²) in [6, 6.07) is 15.7. The van der Waals surface area contributed by atoms with Crippen molar-refractivity contribution < 1.29 is 13.2 Å². The number of benzene rings is 2. The molecule has 0 aliphatic carbocycles. The minimum Gasteiger partial charge on any atom is -0.493 e. The average molecular weight is 291 g/mol. The minimum atomic E-state index is -3.30. The van der Waals surface area contributed by atoms with Crippen LogP contribution in [0.15, 0.2) is 59.5 Å². The fourth-order valence-corrected chi connectivity index (χ4v) is 2.89. The molecular formula is C15H17NO3S. The lowest BCUT2D eigenvalue weighted by molar-refractivity contribution is 0.340. The Hall–Kier alpha value is -1.85. The van der Waals surface area contributed by atoms with Gasteiger partial charge in [-0.2, -0.15) is 0 Å². The molecule has 0 saturated heterocycles. The second-order valence-electron chi connectivity index (χ2n) is 4.33. The van der Waals surface area contributed by atoms with Gasteiger partial charge in [-0.15, -0.1) is 0 Å². The molecule has 0 aliphatic heterocycles. The molecule has 5 heteroatoms. The third kappa shape index (κ3) is 3.82. The first kappa shape index (κ1) is 14.6. The Balaban J connectivity index is 1.95. The molecule has 0 bridgehead atoms. The molecule has 0 fully saturated rings. The second kappa shape index (κ2) is 6.54. The maximum absolute atomic E-state index is 12.0. The fourth-order valence-electron chi connectivity index (χ4n) is 1.78. The standard InChI is InChI=1S/C15H17NO3S/c16-12-13-5-4-6-14(11-13)19-9-10-20(17,18)15-7-2-1-3-8-15/h1-8,11H,9-10,12,16H2. The minimum absolute atomic E-state index is 0.0517. The summed E-state index contributed by atoms with van der Waals surface area (Å²) in [7, 11) is -3.30. The summed E-state index contributed by atoms with van der Waals surface area (Å²) in [5.41, 5.74) is 6.49. The SMILES string of the molecule is NCc1cccc(OCCS(=O)(=O)c2ccccc2)c1. The van der Waals surface area contributed by atoms with Crippen LogP contribution in [0.2, 0.25) is 0 Å². The molecule has 0 unspecified atom stereocenters. The molecular weight excluding hydrogens is 274 g/mol. The van der Waals surface area contributed by atoms with Gasteiger partial charge in [0.15, 0.2) is 9.84 Å². The van der Waals surface area contributed by atoms with Crippen LogP contribution in [-0.4, -0.2) is 20.8 Å². The molecule has 2 aromatic rings. The van der Waals surface area contributed by atoms with E-state index in [1.807, 2.05) is 18.2 Å². The zero-order chi connectivity index (χ0) is 14.4. The summed E-state index contributed by atoms with van der Waals surface area (Å²) in [6.45, 7) is 0.546. The summed E-state index contributed by atoms with van der Waals surface area (Å²) in [6.07, 6.45) is 0. The lowest BCUT2D eigenvalue weighted by Crippen LogP contribution is -2.14. The van der Waals surface area contributed by atoms with Crippen molar-refractivity contribution in [2.24, 2.45) is 5.73 Å². The van der Waals surface area contributed by atoms with E-state index in [0.29, 0.717) is 17.2 Å². The Bertz CT molecular complexity index is 654.